The Hall–Kier alpha value is -3.21. The highest BCUT2D eigenvalue weighted by atomic mass is 16.5. The van der Waals surface area contributed by atoms with Crippen molar-refractivity contribution in [3.05, 3.63) is 59.7 Å². The number of ether oxygens (including phenoxy) is 2. The van der Waals surface area contributed by atoms with E-state index >= 15 is 0 Å². The van der Waals surface area contributed by atoms with Gasteiger partial charge in [-0.2, -0.15) is 0 Å². The molecule has 3 aromatic rings. The molecular weight excluding hydrogens is 326 g/mol. The Morgan fingerprint density at radius 1 is 1.04 bits per heavy atom. The molecular formula is C21H21N3O2. The van der Waals surface area contributed by atoms with E-state index in [0.717, 1.165) is 24.3 Å². The molecule has 0 radical (unpaired) electrons. The van der Waals surface area contributed by atoms with Crippen molar-refractivity contribution in [2.24, 2.45) is 10.7 Å². The second-order valence-electron chi connectivity index (χ2n) is 6.27. The standard InChI is InChI=1S/C21H21N3O2/c1-25-15-8-11-19(26-2)18(12-15)24-21(22)23-17-10-7-14-5-3-4-13-6-9-16(17)20(13)14/h3-5,7-8,10-12H,6,9H2,1-2H3,(H3,22,23,24). The van der Waals surface area contributed by atoms with Gasteiger partial charge in [0.2, 0.25) is 0 Å². The minimum absolute atomic E-state index is 0.316. The van der Waals surface area contributed by atoms with Crippen molar-refractivity contribution in [3.63, 3.8) is 0 Å². The van der Waals surface area contributed by atoms with E-state index in [1.165, 1.54) is 21.9 Å². The first-order chi connectivity index (χ1) is 12.7. The largest absolute Gasteiger partial charge is 0.497 e. The third kappa shape index (κ3) is 2.81. The molecule has 132 valence electrons. The average Bonchev–Trinajstić information content (AvgIpc) is 3.10. The lowest BCUT2D eigenvalue weighted by Gasteiger charge is -2.12. The van der Waals surface area contributed by atoms with Gasteiger partial charge in [0.05, 0.1) is 25.6 Å². The highest BCUT2D eigenvalue weighted by molar-refractivity contribution is 5.99. The summed E-state index contributed by atoms with van der Waals surface area (Å²) >= 11 is 0. The number of aryl methyl sites for hydroxylation is 2. The van der Waals surface area contributed by atoms with Gasteiger partial charge in [0.1, 0.15) is 11.5 Å². The van der Waals surface area contributed by atoms with Crippen LogP contribution in [0.2, 0.25) is 0 Å². The number of guanidine groups is 1. The predicted octanol–water partition coefficient (Wildman–Crippen LogP) is 4.01. The molecule has 0 fully saturated rings. The number of hydrogen-bond donors (Lipinski definition) is 2. The summed E-state index contributed by atoms with van der Waals surface area (Å²) in [5.41, 5.74) is 10.5. The van der Waals surface area contributed by atoms with Gasteiger partial charge in [-0.1, -0.05) is 24.3 Å². The Morgan fingerprint density at radius 2 is 1.92 bits per heavy atom. The molecule has 26 heavy (non-hydrogen) atoms. The highest BCUT2D eigenvalue weighted by Crippen LogP contribution is 2.37. The fraction of sp³-hybridized carbons (Fsp3) is 0.190. The SMILES string of the molecule is COc1ccc(OC)c(NC(N)=Nc2ccc3cccc4c3c2CC4)c1. The summed E-state index contributed by atoms with van der Waals surface area (Å²) < 4.78 is 10.6. The first-order valence-electron chi connectivity index (χ1n) is 8.56. The van der Waals surface area contributed by atoms with Crippen molar-refractivity contribution < 1.29 is 9.47 Å². The van der Waals surface area contributed by atoms with Crippen molar-refractivity contribution >= 4 is 28.1 Å². The van der Waals surface area contributed by atoms with E-state index in [0.29, 0.717) is 17.4 Å². The number of benzene rings is 3. The number of anilines is 1. The van der Waals surface area contributed by atoms with E-state index in [9.17, 15) is 0 Å². The topological polar surface area (TPSA) is 68.9 Å². The van der Waals surface area contributed by atoms with Crippen LogP contribution in [0.1, 0.15) is 11.1 Å². The van der Waals surface area contributed by atoms with Gasteiger partial charge in [-0.05, 0) is 52.9 Å². The van der Waals surface area contributed by atoms with Crippen molar-refractivity contribution in [1.82, 2.24) is 0 Å². The normalized spacial score (nSPS) is 13.1. The Kier molecular flexibility index (Phi) is 4.13. The Morgan fingerprint density at radius 3 is 2.73 bits per heavy atom. The van der Waals surface area contributed by atoms with Gasteiger partial charge in [-0.15, -0.1) is 0 Å². The number of nitrogens with zero attached hydrogens (tertiary/aromatic N) is 1. The quantitative estimate of drug-likeness (QED) is 0.553. The van der Waals surface area contributed by atoms with Crippen LogP contribution in [0.15, 0.2) is 53.5 Å². The fourth-order valence-corrected chi connectivity index (χ4v) is 3.56. The maximum Gasteiger partial charge on any atom is 0.198 e. The lowest BCUT2D eigenvalue weighted by atomic mass is 10.0. The fourth-order valence-electron chi connectivity index (χ4n) is 3.56. The summed E-state index contributed by atoms with van der Waals surface area (Å²) in [5.74, 6) is 1.71. The van der Waals surface area contributed by atoms with E-state index in [1.807, 2.05) is 24.3 Å². The molecule has 0 spiro atoms. The molecule has 0 unspecified atom stereocenters. The smallest absolute Gasteiger partial charge is 0.198 e. The maximum atomic E-state index is 6.18. The van der Waals surface area contributed by atoms with Crippen LogP contribution in [-0.2, 0) is 12.8 Å². The molecule has 0 saturated carbocycles. The Balaban J connectivity index is 1.69. The molecule has 0 atom stereocenters. The van der Waals surface area contributed by atoms with Crippen molar-refractivity contribution in [2.75, 3.05) is 19.5 Å². The third-order valence-electron chi connectivity index (χ3n) is 4.77. The van der Waals surface area contributed by atoms with Gasteiger partial charge in [0.15, 0.2) is 5.96 Å². The van der Waals surface area contributed by atoms with E-state index < -0.39 is 0 Å². The third-order valence-corrected chi connectivity index (χ3v) is 4.77. The maximum absolute atomic E-state index is 6.18. The van der Waals surface area contributed by atoms with Gasteiger partial charge < -0.3 is 20.5 Å². The molecule has 3 N–H and O–H groups in total. The first-order valence-corrected chi connectivity index (χ1v) is 8.56. The van der Waals surface area contributed by atoms with Crippen LogP contribution in [-0.4, -0.2) is 20.2 Å². The lowest BCUT2D eigenvalue weighted by Crippen LogP contribution is -2.22. The number of hydrogen-bond acceptors (Lipinski definition) is 3. The first kappa shape index (κ1) is 16.3. The van der Waals surface area contributed by atoms with Crippen LogP contribution in [0.5, 0.6) is 11.5 Å². The zero-order valence-corrected chi connectivity index (χ0v) is 14.9. The number of methoxy groups -OCH3 is 2. The van der Waals surface area contributed by atoms with Gasteiger partial charge in [-0.3, -0.25) is 0 Å². The van der Waals surface area contributed by atoms with Gasteiger partial charge in [0.25, 0.3) is 0 Å². The highest BCUT2D eigenvalue weighted by Gasteiger charge is 2.17. The molecule has 5 heteroatoms. The summed E-state index contributed by atoms with van der Waals surface area (Å²) in [4.78, 5) is 4.63. The lowest BCUT2D eigenvalue weighted by molar-refractivity contribution is 0.405. The number of nitrogens with two attached hydrogens (primary N) is 1. The van der Waals surface area contributed by atoms with Crippen LogP contribution in [0.3, 0.4) is 0 Å². The van der Waals surface area contributed by atoms with Crippen LogP contribution in [0.4, 0.5) is 11.4 Å². The second-order valence-corrected chi connectivity index (χ2v) is 6.27. The summed E-state index contributed by atoms with van der Waals surface area (Å²) in [7, 11) is 3.24. The molecule has 1 aliphatic carbocycles. The minimum atomic E-state index is 0.316. The zero-order chi connectivity index (χ0) is 18.1. The number of rotatable bonds is 4. The molecule has 0 aliphatic heterocycles. The molecule has 3 aromatic carbocycles. The van der Waals surface area contributed by atoms with Crippen molar-refractivity contribution in [3.8, 4) is 11.5 Å². The monoisotopic (exact) mass is 347 g/mol. The predicted molar refractivity (Wildman–Crippen MR) is 106 cm³/mol. The van der Waals surface area contributed by atoms with Crippen molar-refractivity contribution in [2.45, 2.75) is 12.8 Å². The van der Waals surface area contributed by atoms with E-state index in [-0.39, 0.29) is 0 Å². The van der Waals surface area contributed by atoms with Crippen molar-refractivity contribution in [1.29, 1.82) is 0 Å². The van der Waals surface area contributed by atoms with E-state index in [4.69, 9.17) is 15.2 Å². The van der Waals surface area contributed by atoms with Gasteiger partial charge >= 0.3 is 0 Å². The Bertz CT molecular complexity index is 1010. The number of nitrogens with one attached hydrogen (secondary N) is 1. The van der Waals surface area contributed by atoms with E-state index in [2.05, 4.69) is 34.6 Å². The summed E-state index contributed by atoms with van der Waals surface area (Å²) in [6, 6.07) is 16.1. The van der Waals surface area contributed by atoms with Gasteiger partial charge in [0, 0.05) is 6.07 Å². The summed E-state index contributed by atoms with van der Waals surface area (Å²) in [5, 5.41) is 5.70. The molecule has 5 nitrogen and oxygen atoms in total. The summed E-state index contributed by atoms with van der Waals surface area (Å²) in [6.45, 7) is 0. The molecule has 0 saturated heterocycles. The number of aliphatic imine (C=N–C) groups is 1. The van der Waals surface area contributed by atoms with Crippen LogP contribution < -0.4 is 20.5 Å². The second kappa shape index (κ2) is 6.59. The molecule has 0 amide bonds. The summed E-state index contributed by atoms with van der Waals surface area (Å²) in [6.07, 6.45) is 2.04. The van der Waals surface area contributed by atoms with Gasteiger partial charge in [-0.25, -0.2) is 4.99 Å². The zero-order valence-electron chi connectivity index (χ0n) is 14.9. The molecule has 4 rings (SSSR count). The van der Waals surface area contributed by atoms with Crippen LogP contribution >= 0.6 is 0 Å². The van der Waals surface area contributed by atoms with Crippen LogP contribution in [0, 0.1) is 0 Å². The molecule has 1 aliphatic rings. The molecule has 0 heterocycles. The average molecular weight is 347 g/mol. The molecule has 0 aromatic heterocycles. The Labute approximate surface area is 152 Å². The molecule has 0 bridgehead atoms. The van der Waals surface area contributed by atoms with E-state index in [1.54, 1.807) is 14.2 Å². The van der Waals surface area contributed by atoms with Crippen LogP contribution in [0.25, 0.3) is 10.8 Å². The minimum Gasteiger partial charge on any atom is -0.497 e.